The summed E-state index contributed by atoms with van der Waals surface area (Å²) in [7, 11) is 0. The van der Waals surface area contributed by atoms with Crippen molar-refractivity contribution in [2.45, 2.75) is 38.6 Å². The first-order valence-corrected chi connectivity index (χ1v) is 9.66. The molecule has 0 fully saturated rings. The van der Waals surface area contributed by atoms with Gasteiger partial charge in [-0.2, -0.15) is 0 Å². The number of carbonyl (C=O) groups is 3. The number of hydrogen-bond donors (Lipinski definition) is 3. The van der Waals surface area contributed by atoms with E-state index in [1.165, 1.54) is 16.7 Å². The summed E-state index contributed by atoms with van der Waals surface area (Å²) in [4.78, 5) is 39.4. The molecule has 1 aromatic carbocycles. The van der Waals surface area contributed by atoms with Gasteiger partial charge in [0.15, 0.2) is 5.69 Å². The molecule has 1 unspecified atom stereocenters. The molecule has 3 N–H and O–H groups in total. The second kappa shape index (κ2) is 10.4. The number of carbonyl (C=O) groups excluding carboxylic acids is 2. The molecular weight excluding hydrogens is 366 g/mol. The smallest absolute Gasteiger partial charge is 0.355 e. The van der Waals surface area contributed by atoms with Crippen LogP contribution in [0, 0.1) is 0 Å². The highest BCUT2D eigenvalue weighted by atomic mass is 32.1. The number of thiazole rings is 1. The number of hydrogen-bond acceptors (Lipinski definition) is 5. The molecule has 0 bridgehead atoms. The van der Waals surface area contributed by atoms with Gasteiger partial charge in [-0.05, 0) is 12.0 Å². The van der Waals surface area contributed by atoms with Gasteiger partial charge >= 0.3 is 5.97 Å². The van der Waals surface area contributed by atoms with Crippen LogP contribution in [0.3, 0.4) is 0 Å². The van der Waals surface area contributed by atoms with Crippen molar-refractivity contribution in [1.82, 2.24) is 15.6 Å². The molecule has 144 valence electrons. The van der Waals surface area contributed by atoms with E-state index in [1.807, 2.05) is 37.3 Å². The van der Waals surface area contributed by atoms with Gasteiger partial charge in [-0.25, -0.2) is 9.78 Å². The lowest BCUT2D eigenvalue weighted by Crippen LogP contribution is -2.47. The Bertz CT molecular complexity index is 776. The minimum Gasteiger partial charge on any atom is -0.476 e. The molecule has 1 heterocycles. The van der Waals surface area contributed by atoms with E-state index < -0.39 is 12.0 Å². The summed E-state index contributed by atoms with van der Waals surface area (Å²) >= 11 is 1.25. The van der Waals surface area contributed by atoms with Crippen LogP contribution in [0.4, 0.5) is 0 Å². The third kappa shape index (κ3) is 6.82. The van der Waals surface area contributed by atoms with Crippen LogP contribution in [-0.4, -0.2) is 40.5 Å². The second-order valence-corrected chi connectivity index (χ2v) is 6.99. The van der Waals surface area contributed by atoms with Gasteiger partial charge in [-0.1, -0.05) is 43.7 Å². The fraction of sp³-hybridized carbons (Fsp3) is 0.368. The van der Waals surface area contributed by atoms with Crippen molar-refractivity contribution in [3.8, 4) is 0 Å². The summed E-state index contributed by atoms with van der Waals surface area (Å²) in [6.45, 7) is 2.28. The van der Waals surface area contributed by atoms with Gasteiger partial charge in [0.1, 0.15) is 6.04 Å². The zero-order chi connectivity index (χ0) is 19.6. The summed E-state index contributed by atoms with van der Waals surface area (Å²) in [6.07, 6.45) is 1.98. The highest BCUT2D eigenvalue weighted by Gasteiger charge is 2.19. The Morgan fingerprint density at radius 1 is 1.22 bits per heavy atom. The van der Waals surface area contributed by atoms with Crippen LogP contribution >= 0.6 is 11.3 Å². The van der Waals surface area contributed by atoms with Crippen LogP contribution in [0.1, 0.15) is 40.8 Å². The third-order valence-electron chi connectivity index (χ3n) is 3.85. The topological polar surface area (TPSA) is 108 Å². The molecule has 1 atom stereocenters. The fourth-order valence-corrected chi connectivity index (χ4v) is 3.30. The number of aromatic carboxylic acids is 1. The number of carboxylic acids is 1. The Balaban J connectivity index is 1.82. The van der Waals surface area contributed by atoms with E-state index in [-0.39, 0.29) is 23.9 Å². The van der Waals surface area contributed by atoms with Gasteiger partial charge < -0.3 is 15.7 Å². The van der Waals surface area contributed by atoms with Crippen LogP contribution in [0.2, 0.25) is 0 Å². The molecule has 0 aliphatic carbocycles. The normalized spacial score (nSPS) is 11.6. The molecule has 2 amide bonds. The van der Waals surface area contributed by atoms with Gasteiger partial charge in [0, 0.05) is 18.3 Å². The lowest BCUT2D eigenvalue weighted by molar-refractivity contribution is -0.128. The second-order valence-electron chi connectivity index (χ2n) is 6.04. The Kier molecular flexibility index (Phi) is 7.94. The van der Waals surface area contributed by atoms with Crippen LogP contribution in [-0.2, 0) is 22.4 Å². The maximum Gasteiger partial charge on any atom is 0.355 e. The van der Waals surface area contributed by atoms with Crippen LogP contribution < -0.4 is 10.6 Å². The standard InChI is InChI=1S/C19H23N3O4S/c1-2-6-14(21-16(23)11-13-7-4-3-5-8-13)18(24)20-10-9-17-22-15(12-27-17)19(25)26/h3-5,7-8,12,14H,2,6,9-11H2,1H3,(H,20,24)(H,21,23)(H,25,26). The zero-order valence-electron chi connectivity index (χ0n) is 15.1. The van der Waals surface area contributed by atoms with Gasteiger partial charge in [-0.15, -0.1) is 11.3 Å². The number of benzene rings is 1. The molecule has 1 aromatic heterocycles. The summed E-state index contributed by atoms with van der Waals surface area (Å²) in [5.74, 6) is -1.50. The maximum absolute atomic E-state index is 12.4. The molecule has 0 spiro atoms. The summed E-state index contributed by atoms with van der Waals surface area (Å²) in [5, 5.41) is 16.6. The van der Waals surface area contributed by atoms with E-state index in [2.05, 4.69) is 15.6 Å². The molecule has 0 aliphatic rings. The number of nitrogens with one attached hydrogen (secondary N) is 2. The predicted octanol–water partition coefficient (Wildman–Crippen LogP) is 2.03. The lowest BCUT2D eigenvalue weighted by atomic mass is 10.1. The first-order valence-electron chi connectivity index (χ1n) is 8.78. The molecule has 27 heavy (non-hydrogen) atoms. The first-order chi connectivity index (χ1) is 13.0. The average Bonchev–Trinajstić information content (AvgIpc) is 3.11. The van der Waals surface area contributed by atoms with Gasteiger partial charge in [0.25, 0.3) is 0 Å². The molecule has 0 saturated heterocycles. The highest BCUT2D eigenvalue weighted by molar-refractivity contribution is 7.09. The molecule has 0 saturated carbocycles. The minimum atomic E-state index is -1.06. The van der Waals surface area contributed by atoms with E-state index in [9.17, 15) is 14.4 Å². The average molecular weight is 389 g/mol. The number of carboxylic acid groups (broad SMARTS) is 1. The Labute approximate surface area is 161 Å². The molecule has 8 heteroatoms. The Hall–Kier alpha value is -2.74. The molecule has 0 aliphatic heterocycles. The van der Waals surface area contributed by atoms with Gasteiger partial charge in [0.05, 0.1) is 11.4 Å². The monoisotopic (exact) mass is 389 g/mol. The van der Waals surface area contributed by atoms with Crippen molar-refractivity contribution in [2.75, 3.05) is 6.54 Å². The van der Waals surface area contributed by atoms with E-state index >= 15 is 0 Å². The summed E-state index contributed by atoms with van der Waals surface area (Å²) < 4.78 is 0. The van der Waals surface area contributed by atoms with Gasteiger partial charge in [-0.3, -0.25) is 9.59 Å². The molecule has 2 aromatic rings. The highest BCUT2D eigenvalue weighted by Crippen LogP contribution is 2.10. The van der Waals surface area contributed by atoms with E-state index in [1.54, 1.807) is 0 Å². The molecule has 2 rings (SSSR count). The van der Waals surface area contributed by atoms with Gasteiger partial charge in [0.2, 0.25) is 11.8 Å². The third-order valence-corrected chi connectivity index (χ3v) is 4.75. The van der Waals surface area contributed by atoms with Crippen molar-refractivity contribution in [2.24, 2.45) is 0 Å². The first kappa shape index (κ1) is 20.6. The zero-order valence-corrected chi connectivity index (χ0v) is 15.9. The number of nitrogens with zero attached hydrogens (tertiary/aromatic N) is 1. The minimum absolute atomic E-state index is 0.0124. The van der Waals surface area contributed by atoms with Crippen molar-refractivity contribution in [3.05, 3.63) is 52.0 Å². The fourth-order valence-electron chi connectivity index (χ4n) is 2.52. The number of rotatable bonds is 10. The van der Waals surface area contributed by atoms with Crippen LogP contribution in [0.5, 0.6) is 0 Å². The summed E-state index contributed by atoms with van der Waals surface area (Å²) in [6, 6.07) is 8.77. The van der Waals surface area contributed by atoms with Crippen molar-refractivity contribution < 1.29 is 19.5 Å². The quantitative estimate of drug-likeness (QED) is 0.576. The van der Waals surface area contributed by atoms with Crippen LogP contribution in [0.25, 0.3) is 0 Å². The van der Waals surface area contributed by atoms with Crippen molar-refractivity contribution >= 4 is 29.1 Å². The van der Waals surface area contributed by atoms with Crippen LogP contribution in [0.15, 0.2) is 35.7 Å². The van der Waals surface area contributed by atoms with E-state index in [0.717, 1.165) is 12.0 Å². The predicted molar refractivity (Wildman–Crippen MR) is 103 cm³/mol. The SMILES string of the molecule is CCCC(NC(=O)Cc1ccccc1)C(=O)NCCc1nc(C(=O)O)cs1. The van der Waals surface area contributed by atoms with Crippen molar-refractivity contribution in [3.63, 3.8) is 0 Å². The molecule has 7 nitrogen and oxygen atoms in total. The van der Waals surface area contributed by atoms with Crippen molar-refractivity contribution in [1.29, 1.82) is 0 Å². The molecule has 0 radical (unpaired) electrons. The maximum atomic E-state index is 12.4. The lowest BCUT2D eigenvalue weighted by Gasteiger charge is -2.18. The Morgan fingerprint density at radius 2 is 1.96 bits per heavy atom. The number of aromatic nitrogens is 1. The molecular formula is C19H23N3O4S. The van der Waals surface area contributed by atoms with E-state index in [4.69, 9.17) is 5.11 Å². The largest absolute Gasteiger partial charge is 0.476 e. The van der Waals surface area contributed by atoms with E-state index in [0.29, 0.717) is 24.4 Å². The Morgan fingerprint density at radius 3 is 2.59 bits per heavy atom. The number of amides is 2. The summed E-state index contributed by atoms with van der Waals surface area (Å²) in [5.41, 5.74) is 0.905.